The number of amides is 2. The Labute approximate surface area is 371 Å². The highest BCUT2D eigenvalue weighted by molar-refractivity contribution is 9.10. The molecular formula is C34H23BrN2O24S4. The highest BCUT2D eigenvalue weighted by Gasteiger charge is 2.44. The molecule has 0 saturated heterocycles. The van der Waals surface area contributed by atoms with Crippen LogP contribution in [0.4, 0.5) is 0 Å². The predicted molar refractivity (Wildman–Crippen MR) is 215 cm³/mol. The van der Waals surface area contributed by atoms with Crippen LogP contribution in [0, 0.1) is 0 Å². The van der Waals surface area contributed by atoms with Gasteiger partial charge in [0.05, 0.1) is 39.3 Å². The normalized spacial score (nSPS) is 13.6. The lowest BCUT2D eigenvalue weighted by Crippen LogP contribution is -2.30. The summed E-state index contributed by atoms with van der Waals surface area (Å²) in [6, 6.07) is 2.67. The standard InChI is InChI=1S/C34H23BrN2O24S4/c35-25-31(44)22(23-24(32(25)45)29(42)19-13(27(23)40)6-11(8-17(19)61-65(57,58)59)34(47)37-2-4-63(51,52)53)21-15(38)9-14-20(30(21)43)28(41)18-12(26(14)39)5-10(7-16(18)60-64(54,55)56)33(46)36-1-3-62(48,49)50/h5-9,38,43-45H,1-4H2,(H,36,46)(H,37,47)(H,48,49,50)(H,51,52,53)(H,54,55,56)(H,57,58,59). The summed E-state index contributed by atoms with van der Waals surface area (Å²) in [5.41, 5.74) is -12.4. The van der Waals surface area contributed by atoms with Gasteiger partial charge >= 0.3 is 20.8 Å². The van der Waals surface area contributed by atoms with Gasteiger partial charge < -0.3 is 39.4 Å². The quantitative estimate of drug-likeness (QED) is 0.0685. The van der Waals surface area contributed by atoms with Crippen LogP contribution in [0.15, 0.2) is 34.8 Å². The zero-order valence-electron chi connectivity index (χ0n) is 31.3. The van der Waals surface area contributed by atoms with Gasteiger partial charge in [-0.1, -0.05) is 0 Å². The Kier molecular flexibility index (Phi) is 12.1. The second kappa shape index (κ2) is 16.4. The van der Waals surface area contributed by atoms with Crippen molar-refractivity contribution in [2.24, 2.45) is 0 Å². The molecule has 0 radical (unpaired) electrons. The maximum absolute atomic E-state index is 14.5. The Morgan fingerprint density at radius 1 is 0.492 bits per heavy atom. The van der Waals surface area contributed by atoms with Crippen molar-refractivity contribution >= 4 is 91.9 Å². The van der Waals surface area contributed by atoms with Crippen molar-refractivity contribution in [3.05, 3.63) is 90.4 Å². The molecule has 0 aliphatic heterocycles. The minimum Gasteiger partial charge on any atom is -0.507 e. The van der Waals surface area contributed by atoms with E-state index in [0.29, 0.717) is 30.3 Å². The van der Waals surface area contributed by atoms with E-state index in [1.54, 1.807) is 0 Å². The number of nitrogens with one attached hydrogen (secondary N) is 2. The molecule has 0 bridgehead atoms. The molecule has 0 fully saturated rings. The van der Waals surface area contributed by atoms with Crippen LogP contribution in [-0.4, -0.2) is 132 Å². The van der Waals surface area contributed by atoms with E-state index in [2.05, 4.69) is 24.3 Å². The molecule has 6 rings (SSSR count). The van der Waals surface area contributed by atoms with Gasteiger partial charge in [0.15, 0.2) is 23.1 Å². The number of carbonyl (C=O) groups is 6. The monoisotopic (exact) mass is 1050 g/mol. The first kappa shape index (κ1) is 47.9. The fourth-order valence-electron chi connectivity index (χ4n) is 6.69. The lowest BCUT2D eigenvalue weighted by Gasteiger charge is -2.27. The Bertz CT molecular complexity index is 3380. The molecule has 65 heavy (non-hydrogen) atoms. The molecule has 10 N–H and O–H groups in total. The van der Waals surface area contributed by atoms with Crippen LogP contribution >= 0.6 is 15.9 Å². The van der Waals surface area contributed by atoms with Crippen LogP contribution in [0.3, 0.4) is 0 Å². The topological polar surface area (TPSA) is 443 Å². The van der Waals surface area contributed by atoms with E-state index in [-0.39, 0.29) is 0 Å². The van der Waals surface area contributed by atoms with Gasteiger partial charge in [0.1, 0.15) is 27.5 Å². The summed E-state index contributed by atoms with van der Waals surface area (Å²) in [7, 11) is -20.5. The Hall–Kier alpha value is -6.58. The van der Waals surface area contributed by atoms with Gasteiger partial charge in [-0.2, -0.15) is 33.7 Å². The maximum atomic E-state index is 14.5. The van der Waals surface area contributed by atoms with Crippen molar-refractivity contribution in [1.29, 1.82) is 0 Å². The summed E-state index contributed by atoms with van der Waals surface area (Å²) in [4.78, 5) is 82.9. The van der Waals surface area contributed by atoms with Crippen LogP contribution < -0.4 is 19.0 Å². The SMILES string of the molecule is O=C(NCCS(=O)(=O)O)c1cc(OS(=O)(=O)O)c2c(c1)C(=O)c1cc(O)c(-c3c(O)c(Br)c(O)c4c3C(=O)c3cc(C(=O)NCCS(=O)(=O)O)cc(OS(=O)(=O)O)c3C4=O)c(O)c1C2=O. The highest BCUT2D eigenvalue weighted by Crippen LogP contribution is 2.56. The summed E-state index contributed by atoms with van der Waals surface area (Å²) < 4.78 is 137. The van der Waals surface area contributed by atoms with Crippen LogP contribution in [0.1, 0.15) is 84.4 Å². The zero-order valence-corrected chi connectivity index (χ0v) is 36.2. The molecule has 2 aliphatic rings. The molecule has 0 unspecified atom stereocenters. The summed E-state index contributed by atoms with van der Waals surface area (Å²) in [5.74, 6) is -18.7. The van der Waals surface area contributed by atoms with E-state index in [1.807, 2.05) is 10.6 Å². The molecule has 26 nitrogen and oxygen atoms in total. The average molecular weight is 1050 g/mol. The number of phenols is 4. The van der Waals surface area contributed by atoms with Crippen molar-refractivity contribution in [3.8, 4) is 45.6 Å². The van der Waals surface area contributed by atoms with E-state index in [4.69, 9.17) is 9.11 Å². The van der Waals surface area contributed by atoms with Crippen LogP contribution in [0.5, 0.6) is 34.5 Å². The van der Waals surface area contributed by atoms with E-state index in [0.717, 1.165) is 0 Å². The van der Waals surface area contributed by atoms with Gasteiger partial charge in [0.2, 0.25) is 11.6 Å². The van der Waals surface area contributed by atoms with E-state index >= 15 is 0 Å². The lowest BCUT2D eigenvalue weighted by molar-refractivity contribution is 0.0945. The third kappa shape index (κ3) is 9.34. The van der Waals surface area contributed by atoms with Crippen molar-refractivity contribution in [2.75, 3.05) is 24.6 Å². The molecule has 2 aliphatic carbocycles. The average Bonchev–Trinajstić information content (AvgIpc) is 3.15. The number of phenolic OH excluding ortho intramolecular Hbond substituents is 4. The number of carbonyl (C=O) groups excluding carboxylic acids is 6. The summed E-state index contributed by atoms with van der Waals surface area (Å²) >= 11 is 2.78. The fourth-order valence-corrected chi connectivity index (χ4v) is 8.53. The Morgan fingerprint density at radius 3 is 1.32 bits per heavy atom. The second-order valence-electron chi connectivity index (χ2n) is 13.4. The largest absolute Gasteiger partial charge is 0.507 e. The lowest BCUT2D eigenvalue weighted by atomic mass is 9.76. The van der Waals surface area contributed by atoms with Crippen LogP contribution in [0.2, 0.25) is 0 Å². The van der Waals surface area contributed by atoms with E-state index in [9.17, 15) is 92.0 Å². The molecule has 0 heterocycles. The molecule has 0 saturated carbocycles. The molecule has 2 amide bonds. The minimum absolute atomic E-state index is 0.457. The van der Waals surface area contributed by atoms with Gasteiger partial charge in [0.25, 0.3) is 32.1 Å². The van der Waals surface area contributed by atoms with Crippen molar-refractivity contribution in [1.82, 2.24) is 10.6 Å². The van der Waals surface area contributed by atoms with Gasteiger partial charge in [-0.3, -0.25) is 47.0 Å². The third-order valence-corrected chi connectivity index (χ3v) is 12.2. The minimum atomic E-state index is -5.63. The number of halogens is 1. The number of fused-ring (bicyclic) bond motifs is 4. The first-order valence-electron chi connectivity index (χ1n) is 17.0. The van der Waals surface area contributed by atoms with Gasteiger partial charge in [0, 0.05) is 52.0 Å². The zero-order chi connectivity index (χ0) is 48.6. The van der Waals surface area contributed by atoms with Gasteiger partial charge in [-0.15, -0.1) is 0 Å². The number of hydrogen-bond acceptors (Lipinski definition) is 20. The fraction of sp³-hybridized carbons (Fsp3) is 0.118. The molecule has 344 valence electrons. The van der Waals surface area contributed by atoms with Gasteiger partial charge in [-0.05, 0) is 46.3 Å². The molecule has 0 spiro atoms. The highest BCUT2D eigenvalue weighted by atomic mass is 79.9. The summed E-state index contributed by atoms with van der Waals surface area (Å²) in [6.07, 6.45) is 0. The number of aromatic hydroxyl groups is 4. The second-order valence-corrected chi connectivity index (χ2v) is 19.4. The first-order valence-corrected chi connectivity index (χ1v) is 23.8. The molecule has 0 aromatic heterocycles. The van der Waals surface area contributed by atoms with E-state index in [1.165, 1.54) is 0 Å². The number of ketones is 4. The number of hydrogen-bond donors (Lipinski definition) is 10. The van der Waals surface area contributed by atoms with Crippen LogP contribution in [-0.2, 0) is 41.0 Å². The van der Waals surface area contributed by atoms with Crippen LogP contribution in [0.25, 0.3) is 11.1 Å². The molecule has 4 aromatic carbocycles. The molecular weight excluding hydrogens is 1030 g/mol. The molecule has 0 atom stereocenters. The maximum Gasteiger partial charge on any atom is 0.446 e. The smallest absolute Gasteiger partial charge is 0.446 e. The number of benzene rings is 4. The summed E-state index contributed by atoms with van der Waals surface area (Å²) in [5, 5.41) is 49.8. The third-order valence-electron chi connectivity index (χ3n) is 9.20. The van der Waals surface area contributed by atoms with Crippen molar-refractivity contribution < 1.29 is 109 Å². The van der Waals surface area contributed by atoms with Crippen molar-refractivity contribution in [2.45, 2.75) is 0 Å². The Balaban J connectivity index is 1.58. The van der Waals surface area contributed by atoms with Gasteiger partial charge in [-0.25, -0.2) is 0 Å². The first-order chi connectivity index (χ1) is 29.8. The summed E-state index contributed by atoms with van der Waals surface area (Å²) in [6.45, 7) is -1.54. The molecule has 31 heteroatoms. The predicted octanol–water partition coefficient (Wildman–Crippen LogP) is 0.0877. The number of rotatable bonds is 13. The van der Waals surface area contributed by atoms with E-state index < -0.39 is 206 Å². The van der Waals surface area contributed by atoms with Crippen molar-refractivity contribution in [3.63, 3.8) is 0 Å². The molecule has 4 aromatic rings. The Morgan fingerprint density at radius 2 is 0.892 bits per heavy atom.